The molecule has 19 heavy (non-hydrogen) atoms. The first-order valence-corrected chi connectivity index (χ1v) is 7.42. The molecule has 0 saturated carbocycles. The van der Waals surface area contributed by atoms with E-state index >= 15 is 0 Å². The molecule has 0 aliphatic rings. The Morgan fingerprint density at radius 3 is 2.47 bits per heavy atom. The van der Waals surface area contributed by atoms with E-state index in [1.165, 1.54) is 16.9 Å². The lowest BCUT2D eigenvalue weighted by Gasteiger charge is -2.17. The minimum absolute atomic E-state index is 0.0361. The van der Waals surface area contributed by atoms with E-state index in [1.54, 1.807) is 12.1 Å². The van der Waals surface area contributed by atoms with E-state index in [2.05, 4.69) is 43.4 Å². The number of amides is 1. The lowest BCUT2D eigenvalue weighted by molar-refractivity contribution is 0.0939. The number of carbonyl (C=O) groups is 1. The van der Waals surface area contributed by atoms with E-state index in [0.29, 0.717) is 9.21 Å². The molecule has 0 aliphatic heterocycles. The van der Waals surface area contributed by atoms with Gasteiger partial charge in [0, 0.05) is 0 Å². The van der Waals surface area contributed by atoms with E-state index in [1.807, 2.05) is 0 Å². The first kappa shape index (κ1) is 14.1. The fraction of sp³-hybridized carbons (Fsp3) is 0.267. The zero-order valence-corrected chi connectivity index (χ0v) is 12.5. The maximum atomic E-state index is 12.1. The van der Waals surface area contributed by atoms with Crippen molar-refractivity contribution in [2.24, 2.45) is 0 Å². The van der Waals surface area contributed by atoms with E-state index in [0.717, 1.165) is 12.0 Å². The van der Waals surface area contributed by atoms with Crippen LogP contribution in [-0.2, 0) is 0 Å². The summed E-state index contributed by atoms with van der Waals surface area (Å²) in [4.78, 5) is 12.8. The van der Waals surface area contributed by atoms with Crippen molar-refractivity contribution in [2.75, 3.05) is 0 Å². The Labute approximate surface area is 122 Å². The molecule has 0 bridgehead atoms. The third-order valence-electron chi connectivity index (χ3n) is 2.99. The van der Waals surface area contributed by atoms with Crippen LogP contribution in [0.4, 0.5) is 0 Å². The summed E-state index contributed by atoms with van der Waals surface area (Å²) >= 11 is 7.15. The summed E-state index contributed by atoms with van der Waals surface area (Å²) in [7, 11) is 0. The monoisotopic (exact) mass is 293 g/mol. The number of thiophene rings is 1. The molecule has 0 aliphatic carbocycles. The molecular formula is C15H16ClNOS. The normalized spacial score (nSPS) is 12.2. The van der Waals surface area contributed by atoms with Crippen molar-refractivity contribution in [2.45, 2.75) is 26.3 Å². The smallest absolute Gasteiger partial charge is 0.261 e. The summed E-state index contributed by atoms with van der Waals surface area (Å²) in [6.07, 6.45) is 0.855. The fourth-order valence-corrected chi connectivity index (χ4v) is 2.83. The Morgan fingerprint density at radius 1 is 1.26 bits per heavy atom. The van der Waals surface area contributed by atoms with Gasteiger partial charge in [0.15, 0.2) is 0 Å². The maximum absolute atomic E-state index is 12.1. The number of hydrogen-bond donors (Lipinski definition) is 1. The van der Waals surface area contributed by atoms with Crippen LogP contribution < -0.4 is 5.32 Å². The third-order valence-corrected chi connectivity index (χ3v) is 4.22. The summed E-state index contributed by atoms with van der Waals surface area (Å²) < 4.78 is 0.633. The first-order valence-electron chi connectivity index (χ1n) is 6.23. The van der Waals surface area contributed by atoms with Gasteiger partial charge in [0.1, 0.15) is 0 Å². The molecule has 1 aromatic heterocycles. The second-order valence-electron chi connectivity index (χ2n) is 4.45. The highest BCUT2D eigenvalue weighted by Gasteiger charge is 2.15. The largest absolute Gasteiger partial charge is 0.345 e. The molecule has 4 heteroatoms. The van der Waals surface area contributed by atoms with Crippen molar-refractivity contribution >= 4 is 28.8 Å². The highest BCUT2D eigenvalue weighted by molar-refractivity contribution is 7.17. The highest BCUT2D eigenvalue weighted by atomic mass is 35.5. The molecule has 1 heterocycles. The molecule has 0 spiro atoms. The number of hydrogen-bond acceptors (Lipinski definition) is 2. The molecule has 2 rings (SSSR count). The van der Waals surface area contributed by atoms with Crippen molar-refractivity contribution in [3.8, 4) is 0 Å². The van der Waals surface area contributed by atoms with Gasteiger partial charge >= 0.3 is 0 Å². The molecule has 1 aromatic carbocycles. The van der Waals surface area contributed by atoms with Crippen molar-refractivity contribution in [1.29, 1.82) is 0 Å². The number of carbonyl (C=O) groups excluding carboxylic acids is 1. The van der Waals surface area contributed by atoms with Crippen LogP contribution >= 0.6 is 22.9 Å². The average Bonchev–Trinajstić information content (AvgIpc) is 2.84. The van der Waals surface area contributed by atoms with Crippen LogP contribution in [0.1, 0.15) is 40.2 Å². The van der Waals surface area contributed by atoms with Crippen LogP contribution in [0.3, 0.4) is 0 Å². The Bertz CT molecular complexity index is 562. The van der Waals surface area contributed by atoms with Gasteiger partial charge in [-0.25, -0.2) is 0 Å². The van der Waals surface area contributed by atoms with Crippen LogP contribution in [0.2, 0.25) is 4.34 Å². The summed E-state index contributed by atoms with van der Waals surface area (Å²) in [5.74, 6) is -0.0654. The van der Waals surface area contributed by atoms with Crippen LogP contribution in [-0.4, -0.2) is 5.91 Å². The van der Waals surface area contributed by atoms with Crippen molar-refractivity contribution in [3.63, 3.8) is 0 Å². The standard InChI is InChI=1S/C15H16ClNOS/c1-3-12(11-6-4-10(2)5-7-11)17-15(18)13-8-9-14(16)19-13/h4-9,12H,3H2,1-2H3,(H,17,18)/t12-/m0/s1. The molecule has 0 radical (unpaired) electrons. The third kappa shape index (κ3) is 3.58. The molecule has 2 nitrogen and oxygen atoms in total. The maximum Gasteiger partial charge on any atom is 0.261 e. The van der Waals surface area contributed by atoms with E-state index in [-0.39, 0.29) is 11.9 Å². The molecule has 1 atom stereocenters. The van der Waals surface area contributed by atoms with Gasteiger partial charge in [0.2, 0.25) is 0 Å². The van der Waals surface area contributed by atoms with Crippen molar-refractivity contribution in [3.05, 3.63) is 56.7 Å². The van der Waals surface area contributed by atoms with Gasteiger partial charge in [-0.3, -0.25) is 4.79 Å². The molecule has 1 amide bonds. The fourth-order valence-electron chi connectivity index (χ4n) is 1.89. The molecule has 2 aromatic rings. The van der Waals surface area contributed by atoms with Gasteiger partial charge in [-0.2, -0.15) is 0 Å². The minimum Gasteiger partial charge on any atom is -0.345 e. The van der Waals surface area contributed by atoms with Gasteiger partial charge in [0.25, 0.3) is 5.91 Å². The molecule has 0 unspecified atom stereocenters. The Hall–Kier alpha value is -1.32. The molecule has 100 valence electrons. The predicted molar refractivity (Wildman–Crippen MR) is 81.0 cm³/mol. The second-order valence-corrected chi connectivity index (χ2v) is 6.16. The zero-order valence-electron chi connectivity index (χ0n) is 10.9. The van der Waals surface area contributed by atoms with Crippen LogP contribution in [0.5, 0.6) is 0 Å². The lowest BCUT2D eigenvalue weighted by atomic mass is 10.0. The average molecular weight is 294 g/mol. The number of benzene rings is 1. The van der Waals surface area contributed by atoms with Crippen molar-refractivity contribution in [1.82, 2.24) is 5.32 Å². The van der Waals surface area contributed by atoms with E-state index in [9.17, 15) is 4.79 Å². The molecule has 0 saturated heterocycles. The zero-order chi connectivity index (χ0) is 13.8. The quantitative estimate of drug-likeness (QED) is 0.877. The summed E-state index contributed by atoms with van der Waals surface area (Å²) in [6.45, 7) is 4.11. The molecular weight excluding hydrogens is 278 g/mol. The Balaban J connectivity index is 2.11. The van der Waals surface area contributed by atoms with Crippen LogP contribution in [0, 0.1) is 6.92 Å². The van der Waals surface area contributed by atoms with E-state index < -0.39 is 0 Å². The topological polar surface area (TPSA) is 29.1 Å². The summed E-state index contributed by atoms with van der Waals surface area (Å²) in [5, 5.41) is 3.04. The second kappa shape index (κ2) is 6.22. The van der Waals surface area contributed by atoms with Crippen molar-refractivity contribution < 1.29 is 4.79 Å². The van der Waals surface area contributed by atoms with E-state index in [4.69, 9.17) is 11.6 Å². The van der Waals surface area contributed by atoms with Gasteiger partial charge in [-0.15, -0.1) is 11.3 Å². The Morgan fingerprint density at radius 2 is 1.95 bits per heavy atom. The minimum atomic E-state index is -0.0654. The highest BCUT2D eigenvalue weighted by Crippen LogP contribution is 2.23. The lowest BCUT2D eigenvalue weighted by Crippen LogP contribution is -2.27. The van der Waals surface area contributed by atoms with Crippen LogP contribution in [0.15, 0.2) is 36.4 Å². The number of halogens is 1. The van der Waals surface area contributed by atoms with Gasteiger partial charge in [0.05, 0.1) is 15.3 Å². The van der Waals surface area contributed by atoms with Gasteiger partial charge < -0.3 is 5.32 Å². The van der Waals surface area contributed by atoms with Gasteiger partial charge in [-0.1, -0.05) is 48.4 Å². The number of nitrogens with one attached hydrogen (secondary N) is 1. The molecule has 1 N–H and O–H groups in total. The predicted octanol–water partition coefficient (Wildman–Crippen LogP) is 4.59. The SMILES string of the molecule is CC[C@H](NC(=O)c1ccc(Cl)s1)c1ccc(C)cc1. The first-order chi connectivity index (χ1) is 9.10. The van der Waals surface area contributed by atoms with Gasteiger partial charge in [-0.05, 0) is 31.0 Å². The summed E-state index contributed by atoms with van der Waals surface area (Å²) in [5.41, 5.74) is 2.35. The summed E-state index contributed by atoms with van der Waals surface area (Å²) in [6, 6.07) is 11.8. The number of aryl methyl sites for hydroxylation is 1. The number of rotatable bonds is 4. The molecule has 0 fully saturated rings. The Kier molecular flexibility index (Phi) is 4.61. The van der Waals surface area contributed by atoms with Crippen LogP contribution in [0.25, 0.3) is 0 Å².